The van der Waals surface area contributed by atoms with Gasteiger partial charge in [-0.1, -0.05) is 0 Å². The Hall–Kier alpha value is -2.50. The second-order valence-electron chi connectivity index (χ2n) is 7.46. The zero-order valence-corrected chi connectivity index (χ0v) is 16.4. The molecule has 1 aliphatic rings. The second kappa shape index (κ2) is 7.25. The van der Waals surface area contributed by atoms with E-state index in [-0.39, 0.29) is 0 Å². The molecule has 0 radical (unpaired) electrons. The zero-order valence-electron chi connectivity index (χ0n) is 15.5. The Bertz CT molecular complexity index is 846. The predicted molar refractivity (Wildman–Crippen MR) is 118 cm³/mol. The molecule has 0 spiro atoms. The van der Waals surface area contributed by atoms with Gasteiger partial charge < -0.3 is 0 Å². The van der Waals surface area contributed by atoms with Crippen LogP contribution in [-0.4, -0.2) is 18.6 Å². The van der Waals surface area contributed by atoms with Crippen molar-refractivity contribution in [2.24, 2.45) is 0 Å². The van der Waals surface area contributed by atoms with Crippen LogP contribution >= 0.6 is 6.60 Å². The Morgan fingerprint density at radius 3 is 1.52 bits per heavy atom. The third-order valence-electron chi connectivity index (χ3n) is 6.14. The average molecular weight is 372 g/mol. The van der Waals surface area contributed by atoms with Crippen molar-refractivity contribution in [1.29, 1.82) is 0 Å². The molecule has 0 amide bonds. The zero-order chi connectivity index (χ0) is 18.6. The van der Waals surface area contributed by atoms with Crippen molar-refractivity contribution in [3.8, 4) is 0 Å². The van der Waals surface area contributed by atoms with Gasteiger partial charge in [0.1, 0.15) is 0 Å². The fraction of sp³-hybridized carbons (Fsp3) is 0.160. The van der Waals surface area contributed by atoms with Crippen LogP contribution in [0.25, 0.3) is 0 Å². The predicted octanol–water partition coefficient (Wildman–Crippen LogP) is 4.44. The van der Waals surface area contributed by atoms with E-state index >= 15 is 0 Å². The third kappa shape index (κ3) is 2.78. The fourth-order valence-electron chi connectivity index (χ4n) is 4.97. The molecule has 136 valence electrons. The van der Waals surface area contributed by atoms with Crippen molar-refractivity contribution >= 4 is 28.8 Å². The number of carbonyl (C=O) groups excluding carboxylic acids is 1. The van der Waals surface area contributed by atoms with Gasteiger partial charge in [0.25, 0.3) is 0 Å². The summed E-state index contributed by atoms with van der Waals surface area (Å²) in [5, 5.41) is 4.28. The van der Waals surface area contributed by atoms with Crippen LogP contribution in [0.4, 0.5) is 0 Å². The van der Waals surface area contributed by atoms with Crippen LogP contribution < -0.4 is 15.9 Å². The number of allylic oxidation sites excluding steroid dienone is 2. The average Bonchev–Trinajstić information content (AvgIpc) is 2.76. The Morgan fingerprint density at radius 1 is 0.667 bits per heavy atom. The van der Waals surface area contributed by atoms with Crippen molar-refractivity contribution < 1.29 is 4.79 Å². The summed E-state index contributed by atoms with van der Waals surface area (Å²) in [6.45, 7) is -2.70. The van der Waals surface area contributed by atoms with Gasteiger partial charge in [-0.2, -0.15) is 0 Å². The van der Waals surface area contributed by atoms with Crippen LogP contribution in [0.2, 0.25) is 0 Å². The first-order chi connectivity index (χ1) is 13.3. The van der Waals surface area contributed by atoms with E-state index in [2.05, 4.69) is 91.0 Å². The van der Waals surface area contributed by atoms with Gasteiger partial charge in [-0.05, 0) is 0 Å². The van der Waals surface area contributed by atoms with E-state index in [1.54, 1.807) is 0 Å². The van der Waals surface area contributed by atoms with Gasteiger partial charge in [-0.15, -0.1) is 0 Å². The molecule has 1 heterocycles. The van der Waals surface area contributed by atoms with Gasteiger partial charge in [0.2, 0.25) is 0 Å². The molecule has 3 aromatic rings. The first-order valence-electron chi connectivity index (χ1n) is 9.60. The number of hydrogen-bond acceptors (Lipinski definition) is 1. The summed E-state index contributed by atoms with van der Waals surface area (Å²) in [7, 11) is 0. The summed E-state index contributed by atoms with van der Waals surface area (Å²) in [6, 6.07) is 33.1. The van der Waals surface area contributed by atoms with E-state index in [1.807, 2.05) is 6.08 Å². The van der Waals surface area contributed by atoms with Gasteiger partial charge in [-0.3, -0.25) is 0 Å². The van der Waals surface area contributed by atoms with E-state index in [4.69, 9.17) is 0 Å². The van der Waals surface area contributed by atoms with Crippen LogP contribution in [0.5, 0.6) is 0 Å². The molecule has 0 aromatic heterocycles. The minimum absolute atomic E-state index is 0.961. The number of rotatable bonds is 4. The molecular formula is C25H25OP. The molecule has 0 aliphatic carbocycles. The van der Waals surface area contributed by atoms with Gasteiger partial charge >= 0.3 is 161 Å². The van der Waals surface area contributed by atoms with E-state index in [1.165, 1.54) is 21.5 Å². The summed E-state index contributed by atoms with van der Waals surface area (Å²) in [5.41, 5.74) is 1.28. The minimum atomic E-state index is -2.70. The number of aldehydes is 1. The number of benzene rings is 3. The number of carbonyl (C=O) groups is 1. The fourth-order valence-corrected chi connectivity index (χ4v) is 12.0. The summed E-state index contributed by atoms with van der Waals surface area (Å²) in [4.78, 5) is 11.3. The normalized spacial score (nSPS) is 21.0. The monoisotopic (exact) mass is 372 g/mol. The molecule has 0 bridgehead atoms. The van der Waals surface area contributed by atoms with Crippen LogP contribution in [0.15, 0.2) is 103 Å². The van der Waals surface area contributed by atoms with E-state index < -0.39 is 6.60 Å². The molecule has 27 heavy (non-hydrogen) atoms. The first-order valence-corrected chi connectivity index (χ1v) is 12.2. The molecule has 0 saturated carbocycles. The molecule has 1 fully saturated rings. The molecule has 2 heteroatoms. The van der Waals surface area contributed by atoms with Gasteiger partial charge in [-0.25, -0.2) is 0 Å². The molecule has 0 unspecified atom stereocenters. The molecule has 1 aliphatic heterocycles. The van der Waals surface area contributed by atoms with Crippen molar-refractivity contribution in [1.82, 2.24) is 0 Å². The van der Waals surface area contributed by atoms with Crippen molar-refractivity contribution in [3.63, 3.8) is 0 Å². The number of hydrogen-bond donors (Lipinski definition) is 0. The van der Waals surface area contributed by atoms with Crippen molar-refractivity contribution in [2.75, 3.05) is 12.3 Å². The maximum atomic E-state index is 11.3. The molecule has 4 rings (SSSR count). The van der Waals surface area contributed by atoms with E-state index in [0.29, 0.717) is 0 Å². The van der Waals surface area contributed by atoms with E-state index in [9.17, 15) is 4.79 Å². The van der Waals surface area contributed by atoms with Gasteiger partial charge in [0, 0.05) is 0 Å². The standard InChI is InChI=1S/C25H25OP/c26-19-18-22-11-10-20-27(21-22,23-12-4-1-5-13-23,24-14-6-2-7-15-24)25-16-8-3-9-17-25/h1-9,12-19H,10-11,20-21H2/b22-18+. The summed E-state index contributed by atoms with van der Waals surface area (Å²) >= 11 is 0. The van der Waals surface area contributed by atoms with Crippen LogP contribution in [-0.2, 0) is 4.79 Å². The maximum absolute atomic E-state index is 11.3. The summed E-state index contributed by atoms with van der Waals surface area (Å²) < 4.78 is 0. The summed E-state index contributed by atoms with van der Waals surface area (Å²) in [6.07, 6.45) is 7.02. The van der Waals surface area contributed by atoms with Crippen molar-refractivity contribution in [2.45, 2.75) is 12.8 Å². The molecule has 1 saturated heterocycles. The third-order valence-corrected chi connectivity index (χ3v) is 13.2. The van der Waals surface area contributed by atoms with E-state index in [0.717, 1.165) is 31.5 Å². The van der Waals surface area contributed by atoms with Gasteiger partial charge in [0.15, 0.2) is 0 Å². The molecular weight excluding hydrogens is 347 g/mol. The summed E-state index contributed by atoms with van der Waals surface area (Å²) in [5.74, 6) is 0. The Balaban J connectivity index is 2.13. The topological polar surface area (TPSA) is 17.1 Å². The molecule has 1 nitrogen and oxygen atoms in total. The molecule has 0 N–H and O–H groups in total. The Morgan fingerprint density at radius 2 is 1.11 bits per heavy atom. The molecule has 3 aromatic carbocycles. The van der Waals surface area contributed by atoms with Crippen molar-refractivity contribution in [3.05, 3.63) is 103 Å². The second-order valence-corrected chi connectivity index (χ2v) is 12.8. The van der Waals surface area contributed by atoms with Gasteiger partial charge in [0.05, 0.1) is 0 Å². The van der Waals surface area contributed by atoms with Crippen LogP contribution in [0.3, 0.4) is 0 Å². The van der Waals surface area contributed by atoms with Crippen LogP contribution in [0, 0.1) is 0 Å². The van der Waals surface area contributed by atoms with Crippen LogP contribution in [0.1, 0.15) is 12.8 Å². The molecule has 0 atom stereocenters. The Kier molecular flexibility index (Phi) is 4.81. The first kappa shape index (κ1) is 17.9. The quantitative estimate of drug-likeness (QED) is 0.376. The SMILES string of the molecule is O=C/C=C1\CCCP(c2ccccc2)(c2ccccc2)(c2ccccc2)C1. The Labute approximate surface area is 161 Å².